The smallest absolute Gasteiger partial charge is 0.0125 e. The van der Waals surface area contributed by atoms with E-state index in [1.54, 1.807) is 0 Å². The van der Waals surface area contributed by atoms with E-state index in [4.69, 9.17) is 0 Å². The average Bonchev–Trinajstić information content (AvgIpc) is 2.34. The zero-order valence-electron chi connectivity index (χ0n) is 8.21. The van der Waals surface area contributed by atoms with E-state index in [1.165, 1.54) is 32.4 Å². The zero-order valence-corrected chi connectivity index (χ0v) is 8.21. The fourth-order valence-electron chi connectivity index (χ4n) is 2.42. The van der Waals surface area contributed by atoms with Gasteiger partial charge in [0.2, 0.25) is 0 Å². The van der Waals surface area contributed by atoms with Crippen molar-refractivity contribution in [2.45, 2.75) is 38.3 Å². The minimum absolute atomic E-state index is 0.811. The Bertz CT molecular complexity index is 152. The van der Waals surface area contributed by atoms with Gasteiger partial charge in [0.05, 0.1) is 0 Å². The molecule has 2 rings (SSSR count). The number of hydrogen-bond donors (Lipinski definition) is 1. The summed E-state index contributed by atoms with van der Waals surface area (Å²) < 4.78 is 0. The van der Waals surface area contributed by atoms with Crippen LogP contribution >= 0.6 is 0 Å². The van der Waals surface area contributed by atoms with Crippen LogP contribution in [0, 0.1) is 5.92 Å². The van der Waals surface area contributed by atoms with E-state index in [0.717, 1.165) is 18.0 Å². The van der Waals surface area contributed by atoms with Crippen LogP contribution in [0.5, 0.6) is 0 Å². The van der Waals surface area contributed by atoms with Gasteiger partial charge in [0.1, 0.15) is 0 Å². The van der Waals surface area contributed by atoms with Crippen molar-refractivity contribution in [3.63, 3.8) is 0 Å². The van der Waals surface area contributed by atoms with E-state index in [-0.39, 0.29) is 0 Å². The predicted molar refractivity (Wildman–Crippen MR) is 51.2 cm³/mol. The molecule has 1 N–H and O–H groups in total. The molecule has 0 aromatic carbocycles. The van der Waals surface area contributed by atoms with Crippen molar-refractivity contribution in [2.75, 3.05) is 20.1 Å². The van der Waals surface area contributed by atoms with E-state index >= 15 is 0 Å². The number of nitrogens with one attached hydrogen (secondary N) is 1. The van der Waals surface area contributed by atoms with Crippen LogP contribution in [-0.2, 0) is 0 Å². The lowest BCUT2D eigenvalue weighted by Gasteiger charge is -2.41. The van der Waals surface area contributed by atoms with Crippen molar-refractivity contribution >= 4 is 0 Å². The summed E-state index contributed by atoms with van der Waals surface area (Å²) in [5, 5.41) is 3.34. The summed E-state index contributed by atoms with van der Waals surface area (Å²) in [7, 11) is 2.08. The molecule has 2 heteroatoms. The third-order valence-electron chi connectivity index (χ3n) is 3.49. The molecule has 1 atom stereocenters. The lowest BCUT2D eigenvalue weighted by Crippen LogP contribution is -2.50. The van der Waals surface area contributed by atoms with Crippen LogP contribution in [0.1, 0.15) is 26.2 Å². The molecule has 1 aliphatic heterocycles. The summed E-state index contributed by atoms with van der Waals surface area (Å²) in [6.07, 6.45) is 4.17. The molecule has 12 heavy (non-hydrogen) atoms. The monoisotopic (exact) mass is 168 g/mol. The van der Waals surface area contributed by atoms with Gasteiger partial charge in [-0.1, -0.05) is 6.92 Å². The van der Waals surface area contributed by atoms with Crippen molar-refractivity contribution in [1.29, 1.82) is 0 Å². The molecule has 0 spiro atoms. The molecule has 0 aromatic rings. The highest BCUT2D eigenvalue weighted by Gasteiger charge is 2.35. The second-order valence-corrected chi connectivity index (χ2v) is 4.50. The molecule has 0 unspecified atom stereocenters. The first-order chi connectivity index (χ1) is 5.79. The number of rotatable bonds is 2. The van der Waals surface area contributed by atoms with E-state index in [1.807, 2.05) is 0 Å². The summed E-state index contributed by atoms with van der Waals surface area (Å²) >= 11 is 0. The maximum Gasteiger partial charge on any atom is 0.0125 e. The SMILES string of the molecule is CNC1CC(N2CC[C@H](C)C2)C1. The van der Waals surface area contributed by atoms with Crippen LogP contribution in [0.4, 0.5) is 0 Å². The van der Waals surface area contributed by atoms with Crippen LogP contribution in [0.3, 0.4) is 0 Å². The van der Waals surface area contributed by atoms with Crippen molar-refractivity contribution in [1.82, 2.24) is 10.2 Å². The third kappa shape index (κ3) is 1.50. The highest BCUT2D eigenvalue weighted by Crippen LogP contribution is 2.29. The summed E-state index contributed by atoms with van der Waals surface area (Å²) in [6, 6.07) is 1.72. The Morgan fingerprint density at radius 2 is 2.08 bits per heavy atom. The van der Waals surface area contributed by atoms with Crippen LogP contribution < -0.4 is 5.32 Å². The summed E-state index contributed by atoms with van der Waals surface area (Å²) in [5.74, 6) is 0.943. The number of hydrogen-bond acceptors (Lipinski definition) is 2. The highest BCUT2D eigenvalue weighted by molar-refractivity contribution is 4.93. The third-order valence-corrected chi connectivity index (χ3v) is 3.49. The molecule has 0 aromatic heterocycles. The Morgan fingerprint density at radius 1 is 1.33 bits per heavy atom. The zero-order chi connectivity index (χ0) is 8.55. The second kappa shape index (κ2) is 3.35. The standard InChI is InChI=1S/C10H20N2/c1-8-3-4-12(7-8)10-5-9(6-10)11-2/h8-11H,3-7H2,1-2H3/t8-,9?,10?/m0/s1. The van der Waals surface area contributed by atoms with E-state index < -0.39 is 0 Å². The molecule has 2 nitrogen and oxygen atoms in total. The van der Waals surface area contributed by atoms with Gasteiger partial charge in [0.25, 0.3) is 0 Å². The molecule has 2 aliphatic rings. The molecule has 70 valence electrons. The largest absolute Gasteiger partial charge is 0.317 e. The minimum Gasteiger partial charge on any atom is -0.317 e. The fraction of sp³-hybridized carbons (Fsp3) is 1.00. The quantitative estimate of drug-likeness (QED) is 0.663. The highest BCUT2D eigenvalue weighted by atomic mass is 15.2. The first-order valence-electron chi connectivity index (χ1n) is 5.21. The number of likely N-dealkylation sites (tertiary alicyclic amines) is 1. The van der Waals surface area contributed by atoms with Gasteiger partial charge in [-0.05, 0) is 38.8 Å². The first-order valence-corrected chi connectivity index (χ1v) is 5.21. The van der Waals surface area contributed by atoms with Gasteiger partial charge in [-0.2, -0.15) is 0 Å². The maximum absolute atomic E-state index is 3.34. The predicted octanol–water partition coefficient (Wildman–Crippen LogP) is 1.08. The maximum atomic E-state index is 3.34. The molecule has 1 aliphatic carbocycles. The summed E-state index contributed by atoms with van der Waals surface area (Å²) in [6.45, 7) is 5.07. The van der Waals surface area contributed by atoms with Crippen LogP contribution in [-0.4, -0.2) is 37.1 Å². The van der Waals surface area contributed by atoms with Gasteiger partial charge in [0, 0.05) is 18.6 Å². The van der Waals surface area contributed by atoms with Gasteiger partial charge < -0.3 is 5.32 Å². The normalized spacial score (nSPS) is 43.0. The van der Waals surface area contributed by atoms with E-state index in [2.05, 4.69) is 24.2 Å². The topological polar surface area (TPSA) is 15.3 Å². The molecule has 0 bridgehead atoms. The Labute approximate surface area is 75.3 Å². The van der Waals surface area contributed by atoms with Crippen LogP contribution in [0.2, 0.25) is 0 Å². The Balaban J connectivity index is 1.74. The fourth-order valence-corrected chi connectivity index (χ4v) is 2.42. The number of nitrogens with zero attached hydrogens (tertiary/aromatic N) is 1. The van der Waals surface area contributed by atoms with Crippen LogP contribution in [0.25, 0.3) is 0 Å². The lowest BCUT2D eigenvalue weighted by atomic mass is 9.86. The Hall–Kier alpha value is -0.0800. The Kier molecular flexibility index (Phi) is 2.37. The Morgan fingerprint density at radius 3 is 2.58 bits per heavy atom. The van der Waals surface area contributed by atoms with Crippen molar-refractivity contribution in [3.8, 4) is 0 Å². The lowest BCUT2D eigenvalue weighted by molar-refractivity contribution is 0.121. The minimum atomic E-state index is 0.811. The molecule has 2 fully saturated rings. The molecule has 1 heterocycles. The van der Waals surface area contributed by atoms with E-state index in [9.17, 15) is 0 Å². The molecule has 1 saturated heterocycles. The second-order valence-electron chi connectivity index (χ2n) is 4.50. The molecule has 0 amide bonds. The van der Waals surface area contributed by atoms with Gasteiger partial charge >= 0.3 is 0 Å². The van der Waals surface area contributed by atoms with Gasteiger partial charge in [-0.15, -0.1) is 0 Å². The summed E-state index contributed by atoms with van der Waals surface area (Å²) in [4.78, 5) is 2.68. The van der Waals surface area contributed by atoms with Crippen molar-refractivity contribution in [3.05, 3.63) is 0 Å². The van der Waals surface area contributed by atoms with Gasteiger partial charge in [-0.25, -0.2) is 0 Å². The first kappa shape index (κ1) is 8.52. The molecular formula is C10H20N2. The van der Waals surface area contributed by atoms with Gasteiger partial charge in [0.15, 0.2) is 0 Å². The van der Waals surface area contributed by atoms with Crippen molar-refractivity contribution < 1.29 is 0 Å². The average molecular weight is 168 g/mol. The van der Waals surface area contributed by atoms with Crippen LogP contribution in [0.15, 0.2) is 0 Å². The molecular weight excluding hydrogens is 148 g/mol. The molecule has 1 saturated carbocycles. The van der Waals surface area contributed by atoms with Crippen molar-refractivity contribution in [2.24, 2.45) is 5.92 Å². The van der Waals surface area contributed by atoms with Gasteiger partial charge in [-0.3, -0.25) is 4.90 Å². The summed E-state index contributed by atoms with van der Waals surface area (Å²) in [5.41, 5.74) is 0. The van der Waals surface area contributed by atoms with E-state index in [0.29, 0.717) is 0 Å². The molecule has 0 radical (unpaired) electrons.